The number of nitrogens with zero attached hydrogens (tertiary/aromatic N) is 1. The van der Waals surface area contributed by atoms with Crippen molar-refractivity contribution in [2.75, 3.05) is 4.90 Å². The van der Waals surface area contributed by atoms with Crippen LogP contribution in [0.15, 0.2) is 12.1 Å². The van der Waals surface area contributed by atoms with E-state index in [0.717, 1.165) is 46.5 Å². The molecule has 0 saturated carbocycles. The summed E-state index contributed by atoms with van der Waals surface area (Å²) in [6.07, 6.45) is 1.58. The summed E-state index contributed by atoms with van der Waals surface area (Å²) in [6.45, 7) is 15.9. The number of anilines is 1. The summed E-state index contributed by atoms with van der Waals surface area (Å²) < 4.78 is 12.2. The van der Waals surface area contributed by atoms with Crippen molar-refractivity contribution in [3.63, 3.8) is 0 Å². The lowest BCUT2D eigenvalue weighted by Crippen LogP contribution is -2.53. The van der Waals surface area contributed by atoms with Crippen LogP contribution in [0, 0.1) is 41.5 Å². The first-order valence-corrected chi connectivity index (χ1v) is 10.8. The van der Waals surface area contributed by atoms with Gasteiger partial charge in [0.1, 0.15) is 11.5 Å². The normalized spacial score (nSPS) is 17.7. The number of carbonyl (C=O) groups is 1. The third-order valence-electron chi connectivity index (χ3n) is 6.21. The zero-order chi connectivity index (χ0) is 22.4. The Balaban J connectivity index is 2.10. The first-order chi connectivity index (χ1) is 14.0. The molecule has 1 atom stereocenters. The summed E-state index contributed by atoms with van der Waals surface area (Å²) in [5.41, 5.74) is 9.81. The van der Waals surface area contributed by atoms with Crippen molar-refractivity contribution >= 4 is 29.4 Å². The quantitative estimate of drug-likeness (QED) is 0.343. The van der Waals surface area contributed by atoms with Gasteiger partial charge in [-0.25, -0.2) is 0 Å². The number of carbonyl (C=O) groups excluding carboxylic acids is 1. The topological polar surface area (TPSA) is 38.8 Å². The maximum absolute atomic E-state index is 11.6. The van der Waals surface area contributed by atoms with E-state index in [1.165, 1.54) is 23.6 Å². The molecule has 4 nitrogen and oxygen atoms in total. The van der Waals surface area contributed by atoms with E-state index in [9.17, 15) is 4.79 Å². The van der Waals surface area contributed by atoms with Crippen LogP contribution in [0.1, 0.15) is 59.2 Å². The Labute approximate surface area is 185 Å². The molecule has 0 aliphatic carbocycles. The zero-order valence-corrected chi connectivity index (χ0v) is 20.0. The largest absolute Gasteiger partial charge is 0.467 e. The van der Waals surface area contributed by atoms with Crippen LogP contribution in [0.5, 0.6) is 11.5 Å². The fraction of sp³-hybridized carbons (Fsp3) is 0.440. The van der Waals surface area contributed by atoms with Gasteiger partial charge in [0, 0.05) is 18.9 Å². The smallest absolute Gasteiger partial charge is 0.308 e. The van der Waals surface area contributed by atoms with Crippen molar-refractivity contribution in [3.05, 3.63) is 51.1 Å². The van der Waals surface area contributed by atoms with Crippen LogP contribution in [-0.2, 0) is 11.2 Å². The number of hydrogen-bond acceptors (Lipinski definition) is 4. The molecule has 2 aromatic rings. The molecule has 3 rings (SSSR count). The lowest BCUT2D eigenvalue weighted by atomic mass is 9.89. The maximum Gasteiger partial charge on any atom is 0.308 e. The van der Waals surface area contributed by atoms with Crippen LogP contribution < -0.4 is 14.4 Å². The van der Waals surface area contributed by atoms with E-state index in [1.807, 2.05) is 20.8 Å². The number of thiocarbonyl (C=S) groups is 1. The fourth-order valence-corrected chi connectivity index (χ4v) is 4.97. The monoisotopic (exact) mass is 425 g/mol. The molecule has 2 aromatic carbocycles. The molecule has 5 heteroatoms. The molecule has 0 N–H and O–H groups in total. The van der Waals surface area contributed by atoms with E-state index < -0.39 is 5.72 Å². The average Bonchev–Trinajstić information content (AvgIpc) is 2.65. The maximum atomic E-state index is 11.6. The minimum Gasteiger partial charge on any atom is -0.467 e. The minimum absolute atomic E-state index is 0.306. The molecule has 30 heavy (non-hydrogen) atoms. The van der Waals surface area contributed by atoms with Gasteiger partial charge in [-0.1, -0.05) is 29.9 Å². The highest BCUT2D eigenvalue weighted by molar-refractivity contribution is 7.79. The van der Waals surface area contributed by atoms with Gasteiger partial charge < -0.3 is 9.47 Å². The number of aryl methyl sites for hydroxylation is 3. The van der Waals surface area contributed by atoms with Crippen molar-refractivity contribution in [1.82, 2.24) is 0 Å². The van der Waals surface area contributed by atoms with Gasteiger partial charge in [0.25, 0.3) is 0 Å². The number of rotatable bonds is 4. The van der Waals surface area contributed by atoms with Crippen LogP contribution in [0.3, 0.4) is 0 Å². The molecular weight excluding hydrogens is 394 g/mol. The molecule has 0 aromatic heterocycles. The Kier molecular flexibility index (Phi) is 5.96. The SMILES string of the molecule is CC(=O)Oc1c(C)c(C)c2c(c1C)CCC(C)(N(C=S)c1c(C)cc(C)cc1C)O2. The van der Waals surface area contributed by atoms with Crippen molar-refractivity contribution in [1.29, 1.82) is 0 Å². The second kappa shape index (κ2) is 8.03. The highest BCUT2D eigenvalue weighted by Gasteiger charge is 2.40. The van der Waals surface area contributed by atoms with Gasteiger partial charge in [-0.05, 0) is 82.7 Å². The lowest BCUT2D eigenvalue weighted by molar-refractivity contribution is -0.132. The predicted octanol–water partition coefficient (Wildman–Crippen LogP) is 5.97. The van der Waals surface area contributed by atoms with Gasteiger partial charge in [0.2, 0.25) is 0 Å². The average molecular weight is 426 g/mol. The minimum atomic E-state index is -0.605. The molecule has 1 unspecified atom stereocenters. The third kappa shape index (κ3) is 3.71. The van der Waals surface area contributed by atoms with Crippen molar-refractivity contribution in [2.24, 2.45) is 0 Å². The summed E-state index contributed by atoms with van der Waals surface area (Å²) >= 11 is 5.47. The van der Waals surface area contributed by atoms with Gasteiger partial charge >= 0.3 is 5.97 Å². The van der Waals surface area contributed by atoms with E-state index in [2.05, 4.69) is 44.7 Å². The van der Waals surface area contributed by atoms with Gasteiger partial charge in [-0.2, -0.15) is 0 Å². The third-order valence-corrected chi connectivity index (χ3v) is 6.42. The molecule has 0 bridgehead atoms. The van der Waals surface area contributed by atoms with E-state index in [-0.39, 0.29) is 5.97 Å². The van der Waals surface area contributed by atoms with Gasteiger partial charge in [0.15, 0.2) is 5.72 Å². The Morgan fingerprint density at radius 3 is 2.23 bits per heavy atom. The highest BCUT2D eigenvalue weighted by Crippen LogP contribution is 2.45. The number of benzene rings is 2. The van der Waals surface area contributed by atoms with Crippen LogP contribution in [0.4, 0.5) is 5.69 Å². The molecule has 1 aliphatic heterocycles. The molecule has 0 spiro atoms. The number of ether oxygens (including phenoxy) is 2. The van der Waals surface area contributed by atoms with Crippen LogP contribution in [0.2, 0.25) is 0 Å². The highest BCUT2D eigenvalue weighted by atomic mass is 32.1. The van der Waals surface area contributed by atoms with Crippen LogP contribution in [0.25, 0.3) is 0 Å². The Bertz CT molecular complexity index is 1020. The molecule has 1 heterocycles. The van der Waals surface area contributed by atoms with Crippen LogP contribution in [-0.4, -0.2) is 17.2 Å². The number of esters is 1. The molecule has 0 radical (unpaired) electrons. The predicted molar refractivity (Wildman–Crippen MR) is 126 cm³/mol. The van der Waals surface area contributed by atoms with Gasteiger partial charge in [-0.15, -0.1) is 0 Å². The second-order valence-corrected chi connectivity index (χ2v) is 8.82. The summed E-state index contributed by atoms with van der Waals surface area (Å²) in [4.78, 5) is 13.7. The van der Waals surface area contributed by atoms with E-state index in [4.69, 9.17) is 21.7 Å². The summed E-state index contributed by atoms with van der Waals surface area (Å²) in [7, 11) is 0. The molecule has 0 fully saturated rings. The first-order valence-electron chi connectivity index (χ1n) is 10.3. The second-order valence-electron chi connectivity index (χ2n) is 8.61. The Hall–Kier alpha value is -2.40. The summed E-state index contributed by atoms with van der Waals surface area (Å²) in [5.74, 6) is 1.22. The molecule has 0 saturated heterocycles. The summed E-state index contributed by atoms with van der Waals surface area (Å²) in [5, 5.41) is 0. The molecule has 160 valence electrons. The lowest BCUT2D eigenvalue weighted by Gasteiger charge is -2.45. The number of hydrogen-bond donors (Lipinski definition) is 0. The van der Waals surface area contributed by atoms with Gasteiger partial charge in [0.05, 0.1) is 11.2 Å². The molecule has 1 aliphatic rings. The van der Waals surface area contributed by atoms with E-state index >= 15 is 0 Å². The number of fused-ring (bicyclic) bond motifs is 1. The standard InChI is InChI=1S/C25H31NO3S/c1-14-11-15(2)22(16(3)12-14)26(13-30)25(8)10-9-21-19(6)23(28-20(7)27)17(4)18(5)24(21)29-25/h11-13H,9-10H2,1-8H3. The van der Waals surface area contributed by atoms with Crippen LogP contribution >= 0.6 is 12.2 Å². The van der Waals surface area contributed by atoms with E-state index in [0.29, 0.717) is 5.75 Å². The Morgan fingerprint density at radius 2 is 1.70 bits per heavy atom. The summed E-state index contributed by atoms with van der Waals surface area (Å²) in [6, 6.07) is 4.36. The van der Waals surface area contributed by atoms with Crippen molar-refractivity contribution in [2.45, 2.75) is 74.0 Å². The van der Waals surface area contributed by atoms with Crippen molar-refractivity contribution in [3.8, 4) is 11.5 Å². The first kappa shape index (κ1) is 22.3. The molecule has 0 amide bonds. The molecular formula is C25H31NO3S. The van der Waals surface area contributed by atoms with Crippen molar-refractivity contribution < 1.29 is 14.3 Å². The fourth-order valence-electron chi connectivity index (χ4n) is 4.64. The Morgan fingerprint density at radius 1 is 1.10 bits per heavy atom. The van der Waals surface area contributed by atoms with E-state index in [1.54, 1.807) is 5.49 Å². The zero-order valence-electron chi connectivity index (χ0n) is 19.2. The van der Waals surface area contributed by atoms with Gasteiger partial charge in [-0.3, -0.25) is 9.69 Å².